The van der Waals surface area contributed by atoms with Gasteiger partial charge in [-0.2, -0.15) is 0 Å². The van der Waals surface area contributed by atoms with Gasteiger partial charge >= 0.3 is 5.97 Å². The molecule has 2 heterocycles. The lowest BCUT2D eigenvalue weighted by Gasteiger charge is -2.25. The predicted molar refractivity (Wildman–Crippen MR) is 169 cm³/mol. The predicted octanol–water partition coefficient (Wildman–Crippen LogP) is 4.26. The van der Waals surface area contributed by atoms with Gasteiger partial charge in [-0.15, -0.1) is 0 Å². The van der Waals surface area contributed by atoms with Crippen molar-refractivity contribution in [1.29, 1.82) is 0 Å². The molecule has 214 valence electrons. The zero-order valence-electron chi connectivity index (χ0n) is 22.9. The minimum atomic E-state index is -1.10. The number of nitrogens with zero attached hydrogens (tertiary/aromatic N) is 2. The number of carboxylic acid groups (broad SMARTS) is 1. The van der Waals surface area contributed by atoms with E-state index in [0.717, 1.165) is 11.1 Å². The molecule has 0 aliphatic carbocycles. The highest BCUT2D eigenvalue weighted by molar-refractivity contribution is 14.1. The summed E-state index contributed by atoms with van der Waals surface area (Å²) in [5.41, 5.74) is 3.77. The number of rotatable bonds is 8. The minimum Gasteiger partial charge on any atom is -0.493 e. The minimum absolute atomic E-state index is 0.290. The Morgan fingerprint density at radius 1 is 1.12 bits per heavy atom. The number of methoxy groups -OCH3 is 1. The maximum Gasteiger partial charge on any atom is 0.341 e. The number of para-hydroxylation sites is 1. The fourth-order valence-electron chi connectivity index (χ4n) is 4.64. The molecule has 0 saturated heterocycles. The van der Waals surface area contributed by atoms with Gasteiger partial charge in [0.1, 0.15) is 0 Å². The maximum absolute atomic E-state index is 14.0. The largest absolute Gasteiger partial charge is 0.493 e. The molecule has 0 saturated carbocycles. The van der Waals surface area contributed by atoms with E-state index in [1.165, 1.54) is 18.4 Å². The Bertz CT molecular complexity index is 1900. The van der Waals surface area contributed by atoms with Gasteiger partial charge in [-0.25, -0.2) is 9.79 Å². The molecule has 0 bridgehead atoms. The van der Waals surface area contributed by atoms with E-state index in [0.29, 0.717) is 46.9 Å². The average molecular weight is 696 g/mol. The number of amides is 1. The molecule has 1 atom stereocenters. The summed E-state index contributed by atoms with van der Waals surface area (Å²) in [6, 6.07) is 19.7. The van der Waals surface area contributed by atoms with Crippen molar-refractivity contribution in [3.63, 3.8) is 0 Å². The second-order valence-corrected chi connectivity index (χ2v) is 11.7. The van der Waals surface area contributed by atoms with E-state index in [2.05, 4.69) is 5.32 Å². The maximum atomic E-state index is 14.0. The number of thiazole rings is 1. The summed E-state index contributed by atoms with van der Waals surface area (Å²) in [5, 5.41) is 12.0. The molecule has 4 aromatic rings. The summed E-state index contributed by atoms with van der Waals surface area (Å²) in [6.07, 6.45) is 1.73. The highest BCUT2D eigenvalue weighted by Crippen LogP contribution is 2.34. The fourth-order valence-corrected chi connectivity index (χ4v) is 6.47. The molecule has 1 aliphatic rings. The third-order valence-corrected chi connectivity index (χ3v) is 8.36. The Kier molecular flexibility index (Phi) is 8.59. The number of halogens is 1. The number of hydrogen-bond acceptors (Lipinski definition) is 7. The zero-order chi connectivity index (χ0) is 30.0. The van der Waals surface area contributed by atoms with Crippen LogP contribution in [0.1, 0.15) is 29.7 Å². The number of aryl methyl sites for hydroxylation is 1. The molecule has 11 heteroatoms. The number of aromatic nitrogens is 1. The first kappa shape index (κ1) is 29.3. The van der Waals surface area contributed by atoms with Crippen molar-refractivity contribution in [2.75, 3.05) is 19.0 Å². The number of nitrogens with one attached hydrogen (secondary N) is 1. The van der Waals surface area contributed by atoms with Crippen molar-refractivity contribution < 1.29 is 24.2 Å². The lowest BCUT2D eigenvalue weighted by Crippen LogP contribution is -2.40. The quantitative estimate of drug-likeness (QED) is 0.266. The monoisotopic (exact) mass is 695 g/mol. The standard InChI is InChI=1S/C31H26IN3O6S/c1-17-9-11-20(12-10-17)27-26(29(38)34-21-7-5-4-6-8-21)18(2)33-31-35(27)30(39)24(42-31)15-19-13-22(32)28(23(14-19)40-3)41-16-25(36)37/h4-15,27H,16H2,1-3H3,(H,34,38)(H,36,37)/b24-15-/t27-/m1/s1. The molecule has 42 heavy (non-hydrogen) atoms. The van der Waals surface area contributed by atoms with E-state index in [-0.39, 0.29) is 11.5 Å². The van der Waals surface area contributed by atoms with E-state index in [9.17, 15) is 14.4 Å². The van der Waals surface area contributed by atoms with Crippen LogP contribution in [0.4, 0.5) is 5.69 Å². The molecule has 5 rings (SSSR count). The summed E-state index contributed by atoms with van der Waals surface area (Å²) in [4.78, 5) is 43.8. The van der Waals surface area contributed by atoms with Crippen molar-refractivity contribution in [2.24, 2.45) is 4.99 Å². The summed E-state index contributed by atoms with van der Waals surface area (Å²) in [6.45, 7) is 3.25. The molecule has 3 aromatic carbocycles. The van der Waals surface area contributed by atoms with Gasteiger partial charge in [0.25, 0.3) is 11.5 Å². The van der Waals surface area contributed by atoms with Gasteiger partial charge in [0.05, 0.1) is 32.5 Å². The van der Waals surface area contributed by atoms with Crippen LogP contribution in [0, 0.1) is 10.5 Å². The fraction of sp³-hybridized carbons (Fsp3) is 0.161. The van der Waals surface area contributed by atoms with Gasteiger partial charge in [0.15, 0.2) is 22.9 Å². The van der Waals surface area contributed by atoms with Crippen LogP contribution in [0.3, 0.4) is 0 Å². The number of hydrogen-bond donors (Lipinski definition) is 2. The molecule has 2 N–H and O–H groups in total. The van der Waals surface area contributed by atoms with Gasteiger partial charge in [-0.05, 0) is 77.9 Å². The topological polar surface area (TPSA) is 119 Å². The lowest BCUT2D eigenvalue weighted by atomic mass is 9.94. The van der Waals surface area contributed by atoms with Crippen LogP contribution in [0.5, 0.6) is 11.5 Å². The second kappa shape index (κ2) is 12.3. The Hall–Kier alpha value is -4.23. The number of allylic oxidation sites excluding steroid dienone is 1. The van der Waals surface area contributed by atoms with E-state index in [4.69, 9.17) is 19.6 Å². The Labute approximate surface area is 258 Å². The van der Waals surface area contributed by atoms with Gasteiger partial charge in [-0.1, -0.05) is 59.4 Å². The first-order valence-corrected chi connectivity index (χ1v) is 14.7. The first-order valence-electron chi connectivity index (χ1n) is 12.8. The average Bonchev–Trinajstić information content (AvgIpc) is 3.26. The van der Waals surface area contributed by atoms with Crippen molar-refractivity contribution in [3.05, 3.63) is 118 Å². The van der Waals surface area contributed by atoms with E-state index in [1.807, 2.05) is 72.0 Å². The van der Waals surface area contributed by atoms with Crippen LogP contribution in [-0.2, 0) is 9.59 Å². The third kappa shape index (κ3) is 6.02. The molecule has 1 aliphatic heterocycles. The molecule has 0 spiro atoms. The van der Waals surface area contributed by atoms with E-state index in [1.54, 1.807) is 41.8 Å². The van der Waals surface area contributed by atoms with Crippen LogP contribution in [0.2, 0.25) is 0 Å². The lowest BCUT2D eigenvalue weighted by molar-refractivity contribution is -0.139. The van der Waals surface area contributed by atoms with E-state index < -0.39 is 18.6 Å². The number of carbonyl (C=O) groups excluding carboxylic acids is 1. The van der Waals surface area contributed by atoms with Crippen LogP contribution < -0.4 is 29.7 Å². The molecule has 0 unspecified atom stereocenters. The Morgan fingerprint density at radius 3 is 2.50 bits per heavy atom. The van der Waals surface area contributed by atoms with Gasteiger partial charge in [0.2, 0.25) is 0 Å². The molecular formula is C31H26IN3O6S. The highest BCUT2D eigenvalue weighted by Gasteiger charge is 2.32. The summed E-state index contributed by atoms with van der Waals surface area (Å²) < 4.78 is 13.5. The van der Waals surface area contributed by atoms with Gasteiger partial charge in [0, 0.05) is 5.69 Å². The van der Waals surface area contributed by atoms with Crippen LogP contribution in [0.25, 0.3) is 6.08 Å². The van der Waals surface area contributed by atoms with Crippen LogP contribution >= 0.6 is 33.9 Å². The van der Waals surface area contributed by atoms with E-state index >= 15 is 0 Å². The SMILES string of the molecule is COc1cc(/C=c2\sc3n(c2=O)[C@H](c2ccc(C)cc2)C(C(=O)Nc2ccccc2)=C(C)N=3)cc(I)c1OCC(=O)O. The Morgan fingerprint density at radius 2 is 1.83 bits per heavy atom. The third-order valence-electron chi connectivity index (χ3n) is 6.58. The molecule has 0 radical (unpaired) electrons. The number of carboxylic acids is 1. The molecule has 1 amide bonds. The molecule has 1 aromatic heterocycles. The highest BCUT2D eigenvalue weighted by atomic mass is 127. The number of aliphatic carboxylic acids is 1. The van der Waals surface area contributed by atoms with Crippen LogP contribution in [-0.4, -0.2) is 35.3 Å². The van der Waals surface area contributed by atoms with Crippen molar-refractivity contribution in [3.8, 4) is 11.5 Å². The summed E-state index contributed by atoms with van der Waals surface area (Å²) >= 11 is 3.26. The normalized spacial score (nSPS) is 14.7. The number of carbonyl (C=O) groups is 2. The van der Waals surface area contributed by atoms with Crippen molar-refractivity contribution in [2.45, 2.75) is 19.9 Å². The molecular weight excluding hydrogens is 669 g/mol. The summed E-state index contributed by atoms with van der Waals surface area (Å²) in [7, 11) is 1.46. The second-order valence-electron chi connectivity index (χ2n) is 9.53. The van der Waals surface area contributed by atoms with Gasteiger partial charge < -0.3 is 19.9 Å². The smallest absolute Gasteiger partial charge is 0.341 e. The molecule has 0 fully saturated rings. The Balaban J connectivity index is 1.63. The van der Waals surface area contributed by atoms with Crippen molar-refractivity contribution in [1.82, 2.24) is 4.57 Å². The zero-order valence-corrected chi connectivity index (χ0v) is 25.9. The number of ether oxygens (including phenoxy) is 2. The van der Waals surface area contributed by atoms with Crippen LogP contribution in [0.15, 0.2) is 87.8 Å². The first-order chi connectivity index (χ1) is 20.2. The number of benzene rings is 3. The molecule has 9 nitrogen and oxygen atoms in total. The number of fused-ring (bicyclic) bond motifs is 1. The number of anilines is 1. The van der Waals surface area contributed by atoms with Crippen molar-refractivity contribution >= 4 is 57.6 Å². The summed E-state index contributed by atoms with van der Waals surface area (Å²) in [5.74, 6) is -0.787. The van der Waals surface area contributed by atoms with Gasteiger partial charge in [-0.3, -0.25) is 14.2 Å².